The second kappa shape index (κ2) is 11.9. The first-order valence-electron chi connectivity index (χ1n) is 19.4. The molecule has 0 spiro atoms. The summed E-state index contributed by atoms with van der Waals surface area (Å²) in [6, 6.07) is 74.9. The Morgan fingerprint density at radius 2 is 0.357 bits per heavy atom. The van der Waals surface area contributed by atoms with E-state index in [-0.39, 0.29) is 0 Å². The maximum atomic E-state index is 5.44. The van der Waals surface area contributed by atoms with Gasteiger partial charge in [0.15, 0.2) is 0 Å². The fourth-order valence-corrected chi connectivity index (χ4v) is 12.8. The summed E-state index contributed by atoms with van der Waals surface area (Å²) in [4.78, 5) is 0. The van der Waals surface area contributed by atoms with Crippen molar-refractivity contribution in [1.29, 1.82) is 0 Å². The van der Waals surface area contributed by atoms with E-state index in [9.17, 15) is 0 Å². The molecule has 0 aromatic heterocycles. The Labute approximate surface area is 324 Å². The van der Waals surface area contributed by atoms with Gasteiger partial charge in [0.25, 0.3) is 0 Å². The van der Waals surface area contributed by atoms with Crippen molar-refractivity contribution in [3.8, 4) is 0 Å². The summed E-state index contributed by atoms with van der Waals surface area (Å²) in [5, 5.41) is 26.9. The molecule has 0 unspecified atom stereocenters. The highest BCUT2D eigenvalue weighted by Crippen LogP contribution is 2.47. The maximum Gasteiger partial charge on any atom is -0.00924 e. The quantitative estimate of drug-likeness (QED) is 0.126. The lowest BCUT2D eigenvalue weighted by Gasteiger charge is -2.28. The highest BCUT2D eigenvalue weighted by molar-refractivity contribution is 7.93. The Morgan fingerprint density at radius 1 is 0.196 bits per heavy atom. The zero-order valence-corrected chi connectivity index (χ0v) is 31.6. The molecule has 0 atom stereocenters. The Hall–Kier alpha value is -6.72. The molecule has 1 heteroatoms. The van der Waals surface area contributed by atoms with Gasteiger partial charge in [-0.15, -0.1) is 0 Å². The molecule has 0 saturated heterocycles. The second-order valence-corrected chi connectivity index (χ2v) is 18.4. The van der Waals surface area contributed by atoms with Gasteiger partial charge in [-0.1, -0.05) is 188 Å². The minimum atomic E-state index is -2.50. The average molecular weight is 727 g/mol. The van der Waals surface area contributed by atoms with Crippen LogP contribution in [0.2, 0.25) is 0 Å². The predicted molar refractivity (Wildman–Crippen MR) is 250 cm³/mol. The average Bonchev–Trinajstić information content (AvgIpc) is 3.28. The zero-order chi connectivity index (χ0) is 37.0. The van der Waals surface area contributed by atoms with Gasteiger partial charge in [0, 0.05) is 0 Å². The molecule has 0 N–H and O–H groups in total. The van der Waals surface area contributed by atoms with Crippen LogP contribution < -0.4 is 15.9 Å². The first-order valence-corrected chi connectivity index (χ1v) is 21.4. The molecule has 0 aliphatic carbocycles. The lowest BCUT2D eigenvalue weighted by Crippen LogP contribution is -2.25. The van der Waals surface area contributed by atoms with Crippen molar-refractivity contribution in [2.45, 2.75) is 0 Å². The first kappa shape index (κ1) is 31.6. The summed E-state index contributed by atoms with van der Waals surface area (Å²) >= 11 is 0. The van der Waals surface area contributed by atoms with E-state index in [1.807, 2.05) is 0 Å². The monoisotopic (exact) mass is 726 g/mol. The van der Waals surface area contributed by atoms with Crippen molar-refractivity contribution < 1.29 is 0 Å². The third kappa shape index (κ3) is 4.37. The zero-order valence-electron chi connectivity index (χ0n) is 30.7. The van der Waals surface area contributed by atoms with Gasteiger partial charge in [0.1, 0.15) is 0 Å². The predicted octanol–water partition coefficient (Wildman–Crippen LogP) is 13.8. The molecule has 0 fully saturated rings. The molecule has 0 saturated carbocycles. The lowest BCUT2D eigenvalue weighted by atomic mass is 9.94. The van der Waals surface area contributed by atoms with Gasteiger partial charge < -0.3 is 0 Å². The molecule has 0 amide bonds. The Balaban J connectivity index is 1.21. The Morgan fingerprint density at radius 3 is 0.554 bits per heavy atom. The van der Waals surface area contributed by atoms with Gasteiger partial charge in [0.2, 0.25) is 0 Å². The van der Waals surface area contributed by atoms with E-state index in [4.69, 9.17) is 6.30 Å². The van der Waals surface area contributed by atoms with Crippen molar-refractivity contribution in [2.24, 2.45) is 0 Å². The van der Waals surface area contributed by atoms with Crippen LogP contribution in [-0.4, -0.2) is 6.30 Å². The molecule has 12 rings (SSSR count). The van der Waals surface area contributed by atoms with Gasteiger partial charge in [-0.05, 0) is 138 Å². The van der Waals surface area contributed by atoms with Crippen LogP contribution in [0.15, 0.2) is 200 Å². The van der Waals surface area contributed by atoms with E-state index in [2.05, 4.69) is 200 Å². The summed E-state index contributed by atoms with van der Waals surface area (Å²) in [7, 11) is 0. The number of rotatable bonds is 3. The highest BCUT2D eigenvalue weighted by atomic mass is 31.2. The number of hydrogen-bond donors (Lipinski definition) is 0. The van der Waals surface area contributed by atoms with Crippen molar-refractivity contribution in [2.75, 3.05) is 0 Å². The van der Waals surface area contributed by atoms with Crippen LogP contribution >= 0.6 is 6.89 Å². The van der Waals surface area contributed by atoms with Crippen LogP contribution in [0.4, 0.5) is 0 Å². The third-order valence-corrected chi connectivity index (χ3v) is 16.0. The lowest BCUT2D eigenvalue weighted by molar-refractivity contribution is 1.78. The van der Waals surface area contributed by atoms with E-state index in [0.29, 0.717) is 0 Å². The Kier molecular flexibility index (Phi) is 6.71. The molecule has 12 aromatic carbocycles. The SMILES string of the molecule is C=P(c1ccc2c3ccccc3c3ccccc3c2c1)(c1ccc2c3ccccc3c3ccccc3c2c1)c1ccc2c3ccccc3c3ccccc3c2c1. The number of hydrogen-bond acceptors (Lipinski definition) is 0. The van der Waals surface area contributed by atoms with Crippen molar-refractivity contribution in [3.05, 3.63) is 200 Å². The van der Waals surface area contributed by atoms with Crippen LogP contribution in [-0.2, 0) is 0 Å². The van der Waals surface area contributed by atoms with Crippen molar-refractivity contribution >= 4 is 126 Å². The molecule has 0 heterocycles. The fraction of sp³-hybridized carbons (Fsp3) is 0. The number of benzene rings is 12. The maximum absolute atomic E-state index is 5.44. The van der Waals surface area contributed by atoms with Crippen LogP contribution in [0, 0.1) is 0 Å². The molecule has 0 aliphatic heterocycles. The molecule has 12 aromatic rings. The molecule has 0 aliphatic rings. The van der Waals surface area contributed by atoms with E-state index in [1.54, 1.807) is 0 Å². The summed E-state index contributed by atoms with van der Waals surface area (Å²) < 4.78 is 0. The molecule has 260 valence electrons. The standard InChI is InChI=1S/C55H35P/c1-56(35-26-29-50-44-20-5-2-14-38(44)41-17-8-11-23-47(41)53(50)32-35,36-27-30-51-45-21-6-3-15-39(45)42-18-9-12-24-48(42)54(51)33-36)37-28-31-52-46-22-7-4-16-40(46)43-19-10-13-25-49(43)55(52)34-37/h2-34H,1H2. The summed E-state index contributed by atoms with van der Waals surface area (Å²) in [5.41, 5.74) is 0. The summed E-state index contributed by atoms with van der Waals surface area (Å²) in [6.07, 6.45) is 5.44. The highest BCUT2D eigenvalue weighted by Gasteiger charge is 2.26. The minimum absolute atomic E-state index is 1.28. The van der Waals surface area contributed by atoms with Gasteiger partial charge >= 0.3 is 0 Å². The smallest absolute Gasteiger partial charge is 0.00924 e. The number of fused-ring (bicyclic) bond motifs is 18. The summed E-state index contributed by atoms with van der Waals surface area (Å²) in [6.45, 7) is -2.50. The minimum Gasteiger partial charge on any atom is -0.0887 e. The second-order valence-electron chi connectivity index (χ2n) is 15.3. The molecule has 56 heavy (non-hydrogen) atoms. The first-order chi connectivity index (χ1) is 27.7. The van der Waals surface area contributed by atoms with Crippen LogP contribution in [0.25, 0.3) is 97.0 Å². The molecule has 0 bridgehead atoms. The molecular weight excluding hydrogens is 692 g/mol. The molecule has 0 nitrogen and oxygen atoms in total. The normalized spacial score (nSPS) is 12.4. The van der Waals surface area contributed by atoms with Gasteiger partial charge in [-0.2, -0.15) is 0 Å². The fourth-order valence-electron chi connectivity index (χ4n) is 9.85. The van der Waals surface area contributed by atoms with E-state index >= 15 is 0 Å². The van der Waals surface area contributed by atoms with E-state index in [1.165, 1.54) is 113 Å². The van der Waals surface area contributed by atoms with Gasteiger partial charge in [0.05, 0.1) is 0 Å². The molecular formula is C55H35P. The van der Waals surface area contributed by atoms with Gasteiger partial charge in [-0.25, -0.2) is 0 Å². The third-order valence-electron chi connectivity index (χ3n) is 12.5. The molecule has 0 radical (unpaired) electrons. The van der Waals surface area contributed by atoms with E-state index in [0.717, 1.165) is 0 Å². The van der Waals surface area contributed by atoms with Crippen molar-refractivity contribution in [3.63, 3.8) is 0 Å². The van der Waals surface area contributed by atoms with Crippen LogP contribution in [0.3, 0.4) is 0 Å². The van der Waals surface area contributed by atoms with E-state index < -0.39 is 6.89 Å². The van der Waals surface area contributed by atoms with Gasteiger partial charge in [-0.3, -0.25) is 0 Å². The van der Waals surface area contributed by atoms with Crippen LogP contribution in [0.1, 0.15) is 0 Å². The van der Waals surface area contributed by atoms with Crippen molar-refractivity contribution in [1.82, 2.24) is 0 Å². The van der Waals surface area contributed by atoms with Crippen LogP contribution in [0.5, 0.6) is 0 Å². The summed E-state index contributed by atoms with van der Waals surface area (Å²) in [5.74, 6) is 0. The Bertz CT molecular complexity index is 3190. The largest absolute Gasteiger partial charge is 0.0887 e. The topological polar surface area (TPSA) is 0 Å².